The number of ether oxygens (including phenoxy) is 1. The summed E-state index contributed by atoms with van der Waals surface area (Å²) in [5, 5.41) is 7.13. The average molecular weight is 315 g/mol. The minimum absolute atomic E-state index is 0.279. The molecule has 22 heavy (non-hydrogen) atoms. The lowest BCUT2D eigenvalue weighted by Gasteiger charge is -2.29. The van der Waals surface area contributed by atoms with Crippen molar-refractivity contribution in [3.63, 3.8) is 0 Å². The van der Waals surface area contributed by atoms with Gasteiger partial charge in [0.15, 0.2) is 0 Å². The molecule has 0 aromatic carbocycles. The molecule has 2 unspecified atom stereocenters. The predicted octanol–water partition coefficient (Wildman–Crippen LogP) is 1.29. The lowest BCUT2D eigenvalue weighted by molar-refractivity contribution is -0.171. The van der Waals surface area contributed by atoms with E-state index in [-0.39, 0.29) is 5.91 Å². The molecule has 0 aromatic rings. The van der Waals surface area contributed by atoms with Crippen LogP contribution in [0, 0.1) is 5.92 Å². The average Bonchev–Trinajstić information content (AvgIpc) is 2.44. The smallest absolute Gasteiger partial charge is 0.408 e. The minimum atomic E-state index is -0.648. The Balaban J connectivity index is 2.68. The first kappa shape index (κ1) is 18.7. The van der Waals surface area contributed by atoms with Gasteiger partial charge in [-0.05, 0) is 59.0 Å². The highest BCUT2D eigenvalue weighted by atomic mass is 16.7. The van der Waals surface area contributed by atoms with Gasteiger partial charge in [0.25, 0.3) is 5.91 Å². The Morgan fingerprint density at radius 2 is 2.09 bits per heavy atom. The molecule has 2 N–H and O–H groups in total. The zero-order valence-corrected chi connectivity index (χ0v) is 14.3. The number of carbonyl (C=O) groups excluding carboxylic acids is 2. The first-order chi connectivity index (χ1) is 10.2. The van der Waals surface area contributed by atoms with E-state index in [0.29, 0.717) is 12.3 Å². The minimum Gasteiger partial charge on any atom is -0.444 e. The number of rotatable bonds is 5. The quantitative estimate of drug-likeness (QED) is 0.747. The molecule has 0 spiro atoms. The van der Waals surface area contributed by atoms with Crippen LogP contribution in [0.15, 0.2) is 0 Å². The molecular formula is C15H29N3O4. The van der Waals surface area contributed by atoms with Crippen molar-refractivity contribution in [2.24, 2.45) is 5.92 Å². The van der Waals surface area contributed by atoms with E-state index in [1.54, 1.807) is 20.8 Å². The Labute approximate surface area is 132 Å². The van der Waals surface area contributed by atoms with E-state index in [1.165, 1.54) is 14.2 Å². The highest BCUT2D eigenvalue weighted by molar-refractivity contribution is 5.84. The van der Waals surface area contributed by atoms with Crippen LogP contribution in [0.2, 0.25) is 0 Å². The molecule has 1 fully saturated rings. The van der Waals surface area contributed by atoms with Crippen LogP contribution in [0.3, 0.4) is 0 Å². The van der Waals surface area contributed by atoms with E-state index in [1.807, 2.05) is 0 Å². The Bertz CT molecular complexity index is 375. The number of carbonyl (C=O) groups is 2. The lowest BCUT2D eigenvalue weighted by atomic mass is 9.92. The number of hydrogen-bond acceptors (Lipinski definition) is 5. The van der Waals surface area contributed by atoms with E-state index >= 15 is 0 Å². The molecule has 1 rings (SSSR count). The Morgan fingerprint density at radius 3 is 2.59 bits per heavy atom. The molecule has 7 heteroatoms. The summed E-state index contributed by atoms with van der Waals surface area (Å²) < 4.78 is 5.24. The summed E-state index contributed by atoms with van der Waals surface area (Å²) in [5.41, 5.74) is -0.600. The van der Waals surface area contributed by atoms with Crippen molar-refractivity contribution >= 4 is 12.0 Å². The van der Waals surface area contributed by atoms with Crippen molar-refractivity contribution in [2.45, 2.75) is 51.7 Å². The number of amides is 2. The maximum absolute atomic E-state index is 12.4. The van der Waals surface area contributed by atoms with Gasteiger partial charge in [0, 0.05) is 7.05 Å². The van der Waals surface area contributed by atoms with Crippen molar-refractivity contribution < 1.29 is 19.2 Å². The lowest BCUT2D eigenvalue weighted by Crippen LogP contribution is -2.50. The van der Waals surface area contributed by atoms with Gasteiger partial charge in [-0.3, -0.25) is 9.63 Å². The van der Waals surface area contributed by atoms with Gasteiger partial charge >= 0.3 is 6.09 Å². The van der Waals surface area contributed by atoms with Gasteiger partial charge in [0.2, 0.25) is 0 Å². The molecule has 1 heterocycles. The van der Waals surface area contributed by atoms with Crippen molar-refractivity contribution in [1.29, 1.82) is 0 Å². The fourth-order valence-corrected chi connectivity index (χ4v) is 2.44. The maximum atomic E-state index is 12.4. The maximum Gasteiger partial charge on any atom is 0.408 e. The molecule has 0 aliphatic carbocycles. The SMILES string of the molecule is CON(C)C(=O)C(CC1CCCNC1)NC(=O)OC(C)(C)C. The van der Waals surface area contributed by atoms with Crippen LogP contribution in [0.4, 0.5) is 4.79 Å². The number of piperidine rings is 1. The van der Waals surface area contributed by atoms with Crippen LogP contribution in [0.5, 0.6) is 0 Å². The first-order valence-electron chi connectivity index (χ1n) is 7.75. The zero-order valence-electron chi connectivity index (χ0n) is 14.3. The third-order valence-electron chi connectivity index (χ3n) is 3.54. The van der Waals surface area contributed by atoms with Crippen molar-refractivity contribution in [3.05, 3.63) is 0 Å². The summed E-state index contributed by atoms with van der Waals surface area (Å²) in [4.78, 5) is 29.3. The summed E-state index contributed by atoms with van der Waals surface area (Å²) in [6.07, 6.45) is 2.11. The van der Waals surface area contributed by atoms with Gasteiger partial charge in [-0.2, -0.15) is 0 Å². The van der Waals surface area contributed by atoms with Gasteiger partial charge in [-0.15, -0.1) is 0 Å². The van der Waals surface area contributed by atoms with Gasteiger partial charge in [0.1, 0.15) is 11.6 Å². The molecule has 128 valence electrons. The summed E-state index contributed by atoms with van der Waals surface area (Å²) >= 11 is 0. The first-order valence-corrected chi connectivity index (χ1v) is 7.75. The van der Waals surface area contributed by atoms with Gasteiger partial charge in [-0.1, -0.05) is 0 Å². The predicted molar refractivity (Wildman–Crippen MR) is 83.1 cm³/mol. The Kier molecular flexibility index (Phi) is 7.09. The molecule has 0 bridgehead atoms. The van der Waals surface area contributed by atoms with Crippen molar-refractivity contribution in [3.8, 4) is 0 Å². The fourth-order valence-electron chi connectivity index (χ4n) is 2.44. The number of hydrogen-bond donors (Lipinski definition) is 2. The van der Waals surface area contributed by atoms with E-state index in [4.69, 9.17) is 9.57 Å². The summed E-state index contributed by atoms with van der Waals surface area (Å²) in [6, 6.07) is -0.648. The summed E-state index contributed by atoms with van der Waals surface area (Å²) in [7, 11) is 2.95. The van der Waals surface area contributed by atoms with Crippen LogP contribution < -0.4 is 10.6 Å². The number of hydroxylamine groups is 2. The Hall–Kier alpha value is -1.34. The zero-order chi connectivity index (χ0) is 16.8. The topological polar surface area (TPSA) is 79.9 Å². The van der Waals surface area contributed by atoms with E-state index < -0.39 is 17.7 Å². The molecule has 1 saturated heterocycles. The van der Waals surface area contributed by atoms with Crippen molar-refractivity contribution in [2.75, 3.05) is 27.2 Å². The number of alkyl carbamates (subject to hydrolysis) is 1. The normalized spacial score (nSPS) is 20.1. The van der Waals surface area contributed by atoms with Gasteiger partial charge < -0.3 is 15.4 Å². The van der Waals surface area contributed by atoms with E-state index in [0.717, 1.165) is 31.0 Å². The fraction of sp³-hybridized carbons (Fsp3) is 0.867. The third-order valence-corrected chi connectivity index (χ3v) is 3.54. The molecule has 2 amide bonds. The number of nitrogens with zero attached hydrogens (tertiary/aromatic N) is 1. The van der Waals surface area contributed by atoms with Crippen LogP contribution in [0.1, 0.15) is 40.0 Å². The largest absolute Gasteiger partial charge is 0.444 e. The van der Waals surface area contributed by atoms with E-state index in [2.05, 4.69) is 10.6 Å². The second-order valence-corrected chi connectivity index (χ2v) is 6.67. The monoisotopic (exact) mass is 315 g/mol. The van der Waals surface area contributed by atoms with Crippen LogP contribution in [0.25, 0.3) is 0 Å². The standard InChI is InChI=1S/C15H29N3O4/c1-15(2,3)22-14(20)17-12(13(19)18(4)21-5)9-11-7-6-8-16-10-11/h11-12,16H,6-10H2,1-5H3,(H,17,20). The molecule has 7 nitrogen and oxygen atoms in total. The molecule has 0 aromatic heterocycles. The van der Waals surface area contributed by atoms with Crippen molar-refractivity contribution in [1.82, 2.24) is 15.7 Å². The molecule has 1 aliphatic heterocycles. The molecule has 0 saturated carbocycles. The van der Waals surface area contributed by atoms with Crippen LogP contribution in [-0.4, -0.2) is 56.0 Å². The second kappa shape index (κ2) is 8.33. The van der Waals surface area contributed by atoms with Crippen LogP contribution >= 0.6 is 0 Å². The van der Waals surface area contributed by atoms with Gasteiger partial charge in [0.05, 0.1) is 7.11 Å². The number of likely N-dealkylation sites (N-methyl/N-ethyl adjacent to an activating group) is 1. The summed E-state index contributed by atoms with van der Waals surface area (Å²) in [5.74, 6) is 0.0711. The highest BCUT2D eigenvalue weighted by Gasteiger charge is 2.29. The molecule has 2 atom stereocenters. The van der Waals surface area contributed by atoms with Gasteiger partial charge in [-0.25, -0.2) is 9.86 Å². The van der Waals surface area contributed by atoms with Crippen LogP contribution in [-0.2, 0) is 14.4 Å². The molecular weight excluding hydrogens is 286 g/mol. The third kappa shape index (κ3) is 6.62. The summed E-state index contributed by atoms with van der Waals surface area (Å²) in [6.45, 7) is 7.23. The molecule has 1 aliphatic rings. The molecule has 0 radical (unpaired) electrons. The van der Waals surface area contributed by atoms with E-state index in [9.17, 15) is 9.59 Å². The number of nitrogens with one attached hydrogen (secondary N) is 2. The highest BCUT2D eigenvalue weighted by Crippen LogP contribution is 2.18. The Morgan fingerprint density at radius 1 is 1.41 bits per heavy atom. The second-order valence-electron chi connectivity index (χ2n) is 6.67.